The van der Waals surface area contributed by atoms with Crippen molar-refractivity contribution in [3.05, 3.63) is 56.7 Å². The minimum Gasteiger partial charge on any atom is -0.476 e. The van der Waals surface area contributed by atoms with Gasteiger partial charge in [0.1, 0.15) is 11.9 Å². The molecule has 0 aliphatic rings. The van der Waals surface area contributed by atoms with Gasteiger partial charge in [-0.05, 0) is 44.9 Å². The summed E-state index contributed by atoms with van der Waals surface area (Å²) in [5.41, 5.74) is 0.459. The third-order valence-electron chi connectivity index (χ3n) is 2.44. The first-order chi connectivity index (χ1) is 9.47. The molecule has 2 heterocycles. The summed E-state index contributed by atoms with van der Waals surface area (Å²) in [5, 5.41) is 10.9. The molecule has 0 amide bonds. The van der Waals surface area contributed by atoms with Gasteiger partial charge in [-0.25, -0.2) is 4.39 Å². The Balaban J connectivity index is 2.27. The Kier molecular flexibility index (Phi) is 4.23. The monoisotopic (exact) mass is 341 g/mol. The van der Waals surface area contributed by atoms with Crippen LogP contribution in [-0.4, -0.2) is 14.9 Å². The molecule has 2 aromatic heterocycles. The molecule has 2 rings (SSSR count). The number of ether oxygens (including phenoxy) is 1. The van der Waals surface area contributed by atoms with Crippen LogP contribution in [0.25, 0.3) is 0 Å². The number of hydrogen-bond donors (Lipinski definition) is 0. The van der Waals surface area contributed by atoms with Crippen molar-refractivity contribution in [1.29, 1.82) is 0 Å². The van der Waals surface area contributed by atoms with Gasteiger partial charge in [-0.3, -0.25) is 4.98 Å². The lowest BCUT2D eigenvalue weighted by molar-refractivity contribution is -0.390. The SMILES string of the molecule is C[C@@H](Oc1cc(Br)cnc1[N+](=O)[O-])c1ccc(F)cn1. The van der Waals surface area contributed by atoms with E-state index in [0.717, 1.165) is 6.20 Å². The van der Waals surface area contributed by atoms with Crippen LogP contribution >= 0.6 is 15.9 Å². The topological polar surface area (TPSA) is 78.2 Å². The first-order valence-electron chi connectivity index (χ1n) is 5.55. The molecule has 6 nitrogen and oxygen atoms in total. The summed E-state index contributed by atoms with van der Waals surface area (Å²) in [6, 6.07) is 4.15. The fourth-order valence-corrected chi connectivity index (χ4v) is 1.83. The van der Waals surface area contributed by atoms with E-state index in [-0.39, 0.29) is 11.6 Å². The molecule has 1 atom stereocenters. The van der Waals surface area contributed by atoms with E-state index in [1.807, 2.05) is 0 Å². The lowest BCUT2D eigenvalue weighted by Crippen LogP contribution is -2.07. The Morgan fingerprint density at radius 2 is 2.15 bits per heavy atom. The highest BCUT2D eigenvalue weighted by Crippen LogP contribution is 2.31. The average molecular weight is 342 g/mol. The van der Waals surface area contributed by atoms with Crippen LogP contribution in [-0.2, 0) is 0 Å². The molecule has 0 radical (unpaired) electrons. The zero-order chi connectivity index (χ0) is 14.7. The summed E-state index contributed by atoms with van der Waals surface area (Å²) in [6.07, 6.45) is 1.79. The van der Waals surface area contributed by atoms with Crippen molar-refractivity contribution in [2.75, 3.05) is 0 Å². The predicted octanol–water partition coefficient (Wildman–Crippen LogP) is 3.43. The molecule has 0 fully saturated rings. The molecule has 8 heteroatoms. The summed E-state index contributed by atoms with van der Waals surface area (Å²) in [6.45, 7) is 1.66. The van der Waals surface area contributed by atoms with Crippen molar-refractivity contribution < 1.29 is 14.1 Å². The minimum atomic E-state index is -0.632. The second-order valence-electron chi connectivity index (χ2n) is 3.89. The maximum Gasteiger partial charge on any atom is 0.406 e. The number of aromatic nitrogens is 2. The molecule has 0 aromatic carbocycles. The number of pyridine rings is 2. The van der Waals surface area contributed by atoms with Crippen LogP contribution in [0.15, 0.2) is 35.1 Å². The van der Waals surface area contributed by atoms with Crippen molar-refractivity contribution in [1.82, 2.24) is 9.97 Å². The van der Waals surface area contributed by atoms with Crippen LogP contribution < -0.4 is 4.74 Å². The van der Waals surface area contributed by atoms with Crippen LogP contribution in [0.1, 0.15) is 18.7 Å². The Hall–Kier alpha value is -2.09. The summed E-state index contributed by atoms with van der Waals surface area (Å²) in [4.78, 5) is 17.8. The number of rotatable bonds is 4. The lowest BCUT2D eigenvalue weighted by atomic mass is 10.2. The number of hydrogen-bond acceptors (Lipinski definition) is 5. The summed E-state index contributed by atoms with van der Waals surface area (Å²) < 4.78 is 18.8. The van der Waals surface area contributed by atoms with E-state index in [0.29, 0.717) is 10.2 Å². The first kappa shape index (κ1) is 14.3. The minimum absolute atomic E-state index is 0.0167. The number of nitro groups is 1. The zero-order valence-corrected chi connectivity index (χ0v) is 11.9. The van der Waals surface area contributed by atoms with Crippen LogP contribution in [0.2, 0.25) is 0 Å². The van der Waals surface area contributed by atoms with E-state index in [1.165, 1.54) is 24.4 Å². The van der Waals surface area contributed by atoms with Gasteiger partial charge < -0.3 is 14.9 Å². The van der Waals surface area contributed by atoms with Gasteiger partial charge in [-0.1, -0.05) is 0 Å². The Bertz CT molecular complexity index is 636. The largest absolute Gasteiger partial charge is 0.476 e. The van der Waals surface area contributed by atoms with Crippen LogP contribution in [0.4, 0.5) is 10.2 Å². The predicted molar refractivity (Wildman–Crippen MR) is 71.8 cm³/mol. The van der Waals surface area contributed by atoms with E-state index in [1.54, 1.807) is 6.92 Å². The van der Waals surface area contributed by atoms with Gasteiger partial charge in [-0.15, -0.1) is 0 Å². The molecule has 0 spiro atoms. The molecule has 0 aliphatic heterocycles. The second kappa shape index (κ2) is 5.91. The van der Waals surface area contributed by atoms with Gasteiger partial charge in [0.25, 0.3) is 0 Å². The Morgan fingerprint density at radius 3 is 2.75 bits per heavy atom. The summed E-state index contributed by atoms with van der Waals surface area (Å²) >= 11 is 3.17. The number of nitrogens with zero attached hydrogens (tertiary/aromatic N) is 3. The van der Waals surface area contributed by atoms with Crippen LogP contribution in [0.3, 0.4) is 0 Å². The standard InChI is InChI=1S/C12H9BrFN3O3/c1-7(10-3-2-9(14)6-15-10)20-11-4-8(13)5-16-12(11)17(18)19/h2-7H,1H3/t7-/m1/s1. The van der Waals surface area contributed by atoms with Gasteiger partial charge in [0.05, 0.1) is 16.4 Å². The zero-order valence-electron chi connectivity index (χ0n) is 10.3. The normalized spacial score (nSPS) is 11.9. The highest BCUT2D eigenvalue weighted by atomic mass is 79.9. The third-order valence-corrected chi connectivity index (χ3v) is 2.88. The average Bonchev–Trinajstić information content (AvgIpc) is 2.39. The molecular formula is C12H9BrFN3O3. The summed E-state index contributed by atoms with van der Waals surface area (Å²) in [5.74, 6) is -0.832. The first-order valence-corrected chi connectivity index (χ1v) is 6.34. The Labute approximate surface area is 121 Å². The molecule has 0 saturated heterocycles. The fourth-order valence-electron chi connectivity index (χ4n) is 1.52. The number of halogens is 2. The van der Waals surface area contributed by atoms with Crippen LogP contribution in [0, 0.1) is 15.9 Å². The lowest BCUT2D eigenvalue weighted by Gasteiger charge is -2.13. The quantitative estimate of drug-likeness (QED) is 0.628. The molecule has 0 unspecified atom stereocenters. The molecule has 0 aliphatic carbocycles. The highest BCUT2D eigenvalue weighted by Gasteiger charge is 2.20. The molecule has 2 aromatic rings. The third kappa shape index (κ3) is 3.27. The van der Waals surface area contributed by atoms with Gasteiger partial charge in [-0.2, -0.15) is 0 Å². The van der Waals surface area contributed by atoms with E-state index >= 15 is 0 Å². The van der Waals surface area contributed by atoms with E-state index in [4.69, 9.17) is 4.74 Å². The molecule has 0 saturated carbocycles. The van der Waals surface area contributed by atoms with Crippen molar-refractivity contribution in [2.24, 2.45) is 0 Å². The van der Waals surface area contributed by atoms with Gasteiger partial charge >= 0.3 is 5.82 Å². The highest BCUT2D eigenvalue weighted by molar-refractivity contribution is 9.10. The van der Waals surface area contributed by atoms with Crippen molar-refractivity contribution in [3.8, 4) is 5.75 Å². The Morgan fingerprint density at radius 1 is 1.40 bits per heavy atom. The smallest absolute Gasteiger partial charge is 0.406 e. The maximum absolute atomic E-state index is 12.8. The van der Waals surface area contributed by atoms with E-state index in [9.17, 15) is 14.5 Å². The van der Waals surface area contributed by atoms with Crippen molar-refractivity contribution >= 4 is 21.7 Å². The molecular weight excluding hydrogens is 333 g/mol. The van der Waals surface area contributed by atoms with Crippen molar-refractivity contribution in [3.63, 3.8) is 0 Å². The molecule has 0 N–H and O–H groups in total. The van der Waals surface area contributed by atoms with E-state index in [2.05, 4.69) is 25.9 Å². The van der Waals surface area contributed by atoms with Gasteiger partial charge in [0, 0.05) is 6.07 Å². The summed E-state index contributed by atoms with van der Waals surface area (Å²) in [7, 11) is 0. The molecule has 20 heavy (non-hydrogen) atoms. The van der Waals surface area contributed by atoms with Gasteiger partial charge in [0.2, 0.25) is 5.75 Å². The van der Waals surface area contributed by atoms with Gasteiger partial charge in [0.15, 0.2) is 6.20 Å². The van der Waals surface area contributed by atoms with Crippen molar-refractivity contribution in [2.45, 2.75) is 13.0 Å². The van der Waals surface area contributed by atoms with E-state index < -0.39 is 16.8 Å². The molecule has 104 valence electrons. The van der Waals surface area contributed by atoms with Crippen LogP contribution in [0.5, 0.6) is 5.75 Å². The molecule has 0 bridgehead atoms. The second-order valence-corrected chi connectivity index (χ2v) is 4.81. The fraction of sp³-hybridized carbons (Fsp3) is 0.167. The maximum atomic E-state index is 12.8.